The van der Waals surface area contributed by atoms with E-state index in [9.17, 15) is 4.79 Å². The Kier molecular flexibility index (Phi) is 3.84. The second-order valence-corrected chi connectivity index (χ2v) is 5.57. The number of aryl methyl sites for hydroxylation is 1. The van der Waals surface area contributed by atoms with Crippen molar-refractivity contribution in [2.24, 2.45) is 11.7 Å². The number of benzene rings is 1. The third-order valence-corrected chi connectivity index (χ3v) is 3.85. The average Bonchev–Trinajstić information content (AvgIpc) is 2.68. The first-order chi connectivity index (χ1) is 8.08. The maximum absolute atomic E-state index is 12.1. The molecule has 0 radical (unpaired) electrons. The molecule has 0 bridgehead atoms. The van der Waals surface area contributed by atoms with Gasteiger partial charge in [-0.1, -0.05) is 22.4 Å². The van der Waals surface area contributed by atoms with Crippen LogP contribution in [-0.4, -0.2) is 11.9 Å². The van der Waals surface area contributed by atoms with Gasteiger partial charge in [0.25, 0.3) is 0 Å². The lowest BCUT2D eigenvalue weighted by Crippen LogP contribution is -2.34. The second-order valence-electron chi connectivity index (χ2n) is 4.65. The van der Waals surface area contributed by atoms with Crippen molar-refractivity contribution in [3.05, 3.63) is 28.2 Å². The molecule has 2 unspecified atom stereocenters. The molecule has 1 aliphatic carbocycles. The molecule has 1 aliphatic rings. The molecule has 1 aromatic rings. The third kappa shape index (κ3) is 2.87. The highest BCUT2D eigenvalue weighted by molar-refractivity contribution is 9.10. The summed E-state index contributed by atoms with van der Waals surface area (Å²) in [5.74, 6) is 0.0264. The van der Waals surface area contributed by atoms with Crippen molar-refractivity contribution >= 4 is 27.5 Å². The summed E-state index contributed by atoms with van der Waals surface area (Å²) >= 11 is 3.41. The Morgan fingerprint density at radius 3 is 2.82 bits per heavy atom. The van der Waals surface area contributed by atoms with E-state index in [-0.39, 0.29) is 17.9 Å². The lowest BCUT2D eigenvalue weighted by Gasteiger charge is -2.16. The first-order valence-electron chi connectivity index (χ1n) is 5.90. The molecule has 3 N–H and O–H groups in total. The predicted octanol–water partition coefficient (Wildman–Crippen LogP) is 2.82. The van der Waals surface area contributed by atoms with Crippen molar-refractivity contribution in [2.75, 3.05) is 5.32 Å². The van der Waals surface area contributed by atoms with Gasteiger partial charge in [0.15, 0.2) is 0 Å². The third-order valence-electron chi connectivity index (χ3n) is 3.35. The number of anilines is 1. The highest BCUT2D eigenvalue weighted by Crippen LogP contribution is 2.26. The summed E-state index contributed by atoms with van der Waals surface area (Å²) in [5.41, 5.74) is 7.85. The Bertz CT molecular complexity index is 433. The van der Waals surface area contributed by atoms with Crippen molar-refractivity contribution in [1.82, 2.24) is 0 Å². The zero-order valence-electron chi connectivity index (χ0n) is 9.87. The predicted molar refractivity (Wildman–Crippen MR) is 72.8 cm³/mol. The molecule has 1 saturated carbocycles. The normalized spacial score (nSPS) is 23.7. The Morgan fingerprint density at radius 1 is 1.47 bits per heavy atom. The van der Waals surface area contributed by atoms with Crippen molar-refractivity contribution < 1.29 is 4.79 Å². The molecule has 2 rings (SSSR count). The van der Waals surface area contributed by atoms with Crippen molar-refractivity contribution in [1.29, 1.82) is 0 Å². The summed E-state index contributed by atoms with van der Waals surface area (Å²) in [6.45, 7) is 1.98. The van der Waals surface area contributed by atoms with Gasteiger partial charge in [-0.25, -0.2) is 0 Å². The van der Waals surface area contributed by atoms with Crippen LogP contribution in [0, 0.1) is 12.8 Å². The number of carbonyl (C=O) groups excluding carboxylic acids is 1. The number of hydrogen-bond donors (Lipinski definition) is 2. The fourth-order valence-corrected chi connectivity index (χ4v) is 2.78. The molecule has 0 aromatic heterocycles. The van der Waals surface area contributed by atoms with Gasteiger partial charge >= 0.3 is 0 Å². The van der Waals surface area contributed by atoms with Gasteiger partial charge in [0.2, 0.25) is 5.91 Å². The van der Waals surface area contributed by atoms with Crippen LogP contribution in [0.4, 0.5) is 5.69 Å². The number of carbonyl (C=O) groups is 1. The van der Waals surface area contributed by atoms with E-state index in [4.69, 9.17) is 5.73 Å². The summed E-state index contributed by atoms with van der Waals surface area (Å²) in [5, 5.41) is 2.97. The zero-order valence-corrected chi connectivity index (χ0v) is 11.5. The van der Waals surface area contributed by atoms with Crippen LogP contribution in [0.3, 0.4) is 0 Å². The van der Waals surface area contributed by atoms with Gasteiger partial charge in [0.1, 0.15) is 0 Å². The number of halogens is 1. The lowest BCUT2D eigenvalue weighted by molar-refractivity contribution is -0.120. The fourth-order valence-electron chi connectivity index (χ4n) is 2.31. The van der Waals surface area contributed by atoms with Crippen LogP contribution in [0.2, 0.25) is 0 Å². The number of rotatable bonds is 2. The Hall–Kier alpha value is -0.870. The quantitative estimate of drug-likeness (QED) is 0.882. The molecule has 0 saturated heterocycles. The first kappa shape index (κ1) is 12.6. The van der Waals surface area contributed by atoms with E-state index < -0.39 is 0 Å². The fraction of sp³-hybridized carbons (Fsp3) is 0.462. The molecular formula is C13H17BrN2O. The molecule has 92 valence electrons. The van der Waals surface area contributed by atoms with Gasteiger partial charge in [0.05, 0.1) is 5.92 Å². The van der Waals surface area contributed by atoms with Crippen LogP contribution in [0.1, 0.15) is 24.8 Å². The van der Waals surface area contributed by atoms with E-state index >= 15 is 0 Å². The molecule has 1 aromatic carbocycles. The summed E-state index contributed by atoms with van der Waals surface area (Å²) in [6, 6.07) is 5.85. The van der Waals surface area contributed by atoms with E-state index in [2.05, 4.69) is 21.2 Å². The minimum atomic E-state index is -0.0296. The highest BCUT2D eigenvalue weighted by Gasteiger charge is 2.30. The largest absolute Gasteiger partial charge is 0.327 e. The van der Waals surface area contributed by atoms with E-state index in [0.717, 1.165) is 35.0 Å². The Balaban J connectivity index is 2.07. The smallest absolute Gasteiger partial charge is 0.229 e. The number of nitrogens with two attached hydrogens (primary N) is 1. The molecule has 2 atom stereocenters. The average molecular weight is 297 g/mol. The number of nitrogens with one attached hydrogen (secondary N) is 1. The molecule has 4 heteroatoms. The van der Waals surface area contributed by atoms with Gasteiger partial charge in [-0.05, 0) is 43.5 Å². The van der Waals surface area contributed by atoms with E-state index in [1.807, 2.05) is 25.1 Å². The minimum Gasteiger partial charge on any atom is -0.327 e. The van der Waals surface area contributed by atoms with E-state index in [1.165, 1.54) is 0 Å². The van der Waals surface area contributed by atoms with Gasteiger partial charge in [-0.2, -0.15) is 0 Å². The van der Waals surface area contributed by atoms with Gasteiger partial charge in [-0.15, -0.1) is 0 Å². The molecule has 0 heterocycles. The van der Waals surface area contributed by atoms with Crippen molar-refractivity contribution in [3.8, 4) is 0 Å². The summed E-state index contributed by atoms with van der Waals surface area (Å²) in [4.78, 5) is 12.1. The monoisotopic (exact) mass is 296 g/mol. The van der Waals surface area contributed by atoms with E-state index in [0.29, 0.717) is 0 Å². The van der Waals surface area contributed by atoms with Gasteiger partial charge in [-0.3, -0.25) is 4.79 Å². The molecule has 17 heavy (non-hydrogen) atoms. The maximum Gasteiger partial charge on any atom is 0.229 e. The van der Waals surface area contributed by atoms with Crippen LogP contribution in [-0.2, 0) is 4.79 Å². The van der Waals surface area contributed by atoms with Gasteiger partial charge in [0, 0.05) is 16.2 Å². The first-order valence-corrected chi connectivity index (χ1v) is 6.70. The lowest BCUT2D eigenvalue weighted by atomic mass is 10.0. The van der Waals surface area contributed by atoms with E-state index in [1.54, 1.807) is 0 Å². The van der Waals surface area contributed by atoms with Crippen LogP contribution >= 0.6 is 15.9 Å². The highest BCUT2D eigenvalue weighted by atomic mass is 79.9. The molecule has 1 fully saturated rings. The van der Waals surface area contributed by atoms with Crippen molar-refractivity contribution in [3.63, 3.8) is 0 Å². The molecule has 3 nitrogen and oxygen atoms in total. The molecule has 0 aliphatic heterocycles. The second kappa shape index (κ2) is 5.19. The summed E-state index contributed by atoms with van der Waals surface area (Å²) < 4.78 is 1.02. The molecular weight excluding hydrogens is 280 g/mol. The summed E-state index contributed by atoms with van der Waals surface area (Å²) in [7, 11) is 0. The minimum absolute atomic E-state index is 0.0192. The SMILES string of the molecule is Cc1cc(Br)ccc1NC(=O)C1CCCC1N. The van der Waals surface area contributed by atoms with Crippen LogP contribution < -0.4 is 11.1 Å². The van der Waals surface area contributed by atoms with Crippen molar-refractivity contribution in [2.45, 2.75) is 32.2 Å². The Morgan fingerprint density at radius 2 is 2.24 bits per heavy atom. The number of hydrogen-bond acceptors (Lipinski definition) is 2. The molecule has 1 amide bonds. The maximum atomic E-state index is 12.1. The topological polar surface area (TPSA) is 55.1 Å². The van der Waals surface area contributed by atoms with Crippen LogP contribution in [0.15, 0.2) is 22.7 Å². The zero-order chi connectivity index (χ0) is 12.4. The Labute approximate surface area is 110 Å². The number of amides is 1. The van der Waals surface area contributed by atoms with Crippen LogP contribution in [0.5, 0.6) is 0 Å². The van der Waals surface area contributed by atoms with Crippen LogP contribution in [0.25, 0.3) is 0 Å². The molecule has 0 spiro atoms. The summed E-state index contributed by atoms with van der Waals surface area (Å²) in [6.07, 6.45) is 2.92. The van der Waals surface area contributed by atoms with Gasteiger partial charge < -0.3 is 11.1 Å². The standard InChI is InChI=1S/C13H17BrN2O/c1-8-7-9(14)5-6-12(8)16-13(17)10-3-2-4-11(10)15/h5-7,10-11H,2-4,15H2,1H3,(H,16,17).